The molecule has 136 valence electrons. The van der Waals surface area contributed by atoms with E-state index in [9.17, 15) is 4.79 Å². The third-order valence-electron chi connectivity index (χ3n) is 3.34. The number of rotatable bonds is 8. The first-order valence-corrected chi connectivity index (χ1v) is 8.27. The van der Waals surface area contributed by atoms with Crippen molar-refractivity contribution in [1.29, 1.82) is 0 Å². The van der Waals surface area contributed by atoms with Gasteiger partial charge >= 0.3 is 5.97 Å². The van der Waals surface area contributed by atoms with Gasteiger partial charge < -0.3 is 15.0 Å². The molecular weight excluding hydrogens is 417 g/mol. The van der Waals surface area contributed by atoms with Crippen LogP contribution in [-0.2, 0) is 16.1 Å². The van der Waals surface area contributed by atoms with Gasteiger partial charge in [-0.05, 0) is 32.8 Å². The van der Waals surface area contributed by atoms with Crippen molar-refractivity contribution in [3.8, 4) is 0 Å². The zero-order chi connectivity index (χ0) is 17.1. The van der Waals surface area contributed by atoms with Crippen molar-refractivity contribution >= 4 is 35.9 Å². The monoisotopic (exact) mass is 447 g/mol. The van der Waals surface area contributed by atoms with Crippen molar-refractivity contribution in [1.82, 2.24) is 10.2 Å². The number of nitrogens with zero attached hydrogens (tertiary/aromatic N) is 2. The molecule has 0 spiro atoms. The normalized spacial score (nSPS) is 10.8. The van der Waals surface area contributed by atoms with Crippen LogP contribution < -0.4 is 5.32 Å². The number of nitrogens with one attached hydrogen (secondary N) is 1. The number of carbonyl (C=O) groups is 1. The highest BCUT2D eigenvalue weighted by molar-refractivity contribution is 14.0. The standard InChI is InChI=1S/C18H29N3O2.HI/c1-5-19-18(20-13-7-8-17(22)23-6-2)21(4)14-16-11-9-15(3)10-12-16;/h9-12H,5-8,13-14H2,1-4H3,(H,19,20);1H. The Labute approximate surface area is 162 Å². The topological polar surface area (TPSA) is 53.9 Å². The summed E-state index contributed by atoms with van der Waals surface area (Å²) in [6.45, 7) is 8.61. The number of esters is 1. The molecule has 5 nitrogen and oxygen atoms in total. The minimum atomic E-state index is -0.152. The number of hydrogen-bond acceptors (Lipinski definition) is 3. The molecule has 0 aliphatic carbocycles. The molecule has 0 unspecified atom stereocenters. The van der Waals surface area contributed by atoms with Gasteiger partial charge in [-0.1, -0.05) is 29.8 Å². The van der Waals surface area contributed by atoms with Gasteiger partial charge in [0.05, 0.1) is 6.61 Å². The number of halogens is 1. The van der Waals surface area contributed by atoms with E-state index in [0.717, 1.165) is 19.0 Å². The average Bonchev–Trinajstić information content (AvgIpc) is 2.52. The molecule has 0 fully saturated rings. The van der Waals surface area contributed by atoms with Gasteiger partial charge in [-0.2, -0.15) is 0 Å². The van der Waals surface area contributed by atoms with Gasteiger partial charge in [-0.15, -0.1) is 24.0 Å². The lowest BCUT2D eigenvalue weighted by atomic mass is 10.1. The van der Waals surface area contributed by atoms with Gasteiger partial charge in [0.25, 0.3) is 0 Å². The second-order valence-corrected chi connectivity index (χ2v) is 5.49. The van der Waals surface area contributed by atoms with E-state index in [4.69, 9.17) is 4.74 Å². The van der Waals surface area contributed by atoms with Crippen LogP contribution in [0, 0.1) is 6.92 Å². The summed E-state index contributed by atoms with van der Waals surface area (Å²) in [6.07, 6.45) is 1.12. The fourth-order valence-corrected chi connectivity index (χ4v) is 2.15. The first-order chi connectivity index (χ1) is 11.1. The third-order valence-corrected chi connectivity index (χ3v) is 3.34. The number of carbonyl (C=O) groups excluding carboxylic acids is 1. The molecule has 0 saturated heterocycles. The lowest BCUT2D eigenvalue weighted by Gasteiger charge is -2.22. The largest absolute Gasteiger partial charge is 0.466 e. The maximum atomic E-state index is 11.3. The van der Waals surface area contributed by atoms with Gasteiger partial charge in [0.1, 0.15) is 0 Å². The molecule has 1 rings (SSSR count). The molecule has 1 aromatic carbocycles. The molecule has 0 aliphatic rings. The Morgan fingerprint density at radius 1 is 1.25 bits per heavy atom. The van der Waals surface area contributed by atoms with Crippen molar-refractivity contribution in [2.75, 3.05) is 26.7 Å². The molecule has 24 heavy (non-hydrogen) atoms. The van der Waals surface area contributed by atoms with Gasteiger partial charge in [0.15, 0.2) is 5.96 Å². The van der Waals surface area contributed by atoms with Gasteiger partial charge in [0, 0.05) is 33.1 Å². The fourth-order valence-electron chi connectivity index (χ4n) is 2.15. The number of aryl methyl sites for hydroxylation is 1. The van der Waals surface area contributed by atoms with Crippen LogP contribution >= 0.6 is 24.0 Å². The lowest BCUT2D eigenvalue weighted by Crippen LogP contribution is -2.38. The van der Waals surface area contributed by atoms with Crippen LogP contribution in [0.3, 0.4) is 0 Å². The van der Waals surface area contributed by atoms with Crippen LogP contribution in [0.1, 0.15) is 37.8 Å². The summed E-state index contributed by atoms with van der Waals surface area (Å²) < 4.78 is 4.92. The molecule has 1 aromatic rings. The van der Waals surface area contributed by atoms with Crippen LogP contribution in [0.15, 0.2) is 29.3 Å². The number of guanidine groups is 1. The summed E-state index contributed by atoms with van der Waals surface area (Å²) in [7, 11) is 2.02. The van der Waals surface area contributed by atoms with E-state index >= 15 is 0 Å². The maximum absolute atomic E-state index is 11.3. The van der Waals surface area contributed by atoms with Crippen LogP contribution in [0.2, 0.25) is 0 Å². The zero-order valence-electron chi connectivity index (χ0n) is 15.2. The zero-order valence-corrected chi connectivity index (χ0v) is 17.5. The fraction of sp³-hybridized carbons (Fsp3) is 0.556. The second-order valence-electron chi connectivity index (χ2n) is 5.49. The van der Waals surface area contributed by atoms with Gasteiger partial charge in [-0.3, -0.25) is 9.79 Å². The minimum absolute atomic E-state index is 0. The molecule has 0 heterocycles. The number of ether oxygens (including phenoxy) is 1. The van der Waals surface area contributed by atoms with E-state index in [2.05, 4.69) is 46.4 Å². The van der Waals surface area contributed by atoms with E-state index < -0.39 is 0 Å². The van der Waals surface area contributed by atoms with Gasteiger partial charge in [0.2, 0.25) is 0 Å². The minimum Gasteiger partial charge on any atom is -0.466 e. The Balaban J connectivity index is 0.00000529. The number of hydrogen-bond donors (Lipinski definition) is 1. The quantitative estimate of drug-likeness (QED) is 0.218. The van der Waals surface area contributed by atoms with E-state index in [0.29, 0.717) is 26.0 Å². The Morgan fingerprint density at radius 2 is 1.92 bits per heavy atom. The summed E-state index contributed by atoms with van der Waals surface area (Å²) in [6, 6.07) is 8.51. The first kappa shape index (κ1) is 22.7. The van der Waals surface area contributed by atoms with E-state index in [1.807, 2.05) is 20.9 Å². The molecule has 0 aliphatic heterocycles. The molecular formula is C18H30IN3O2. The third kappa shape index (κ3) is 9.10. The molecule has 0 bridgehead atoms. The van der Waals surface area contributed by atoms with Crippen LogP contribution in [-0.4, -0.2) is 43.6 Å². The highest BCUT2D eigenvalue weighted by Crippen LogP contribution is 2.06. The van der Waals surface area contributed by atoms with Crippen LogP contribution in [0.4, 0.5) is 0 Å². The number of aliphatic imine (C=N–C) groups is 1. The summed E-state index contributed by atoms with van der Waals surface area (Å²) in [5.41, 5.74) is 2.51. The lowest BCUT2D eigenvalue weighted by molar-refractivity contribution is -0.143. The van der Waals surface area contributed by atoms with Crippen molar-refractivity contribution < 1.29 is 9.53 Å². The van der Waals surface area contributed by atoms with E-state index in [1.165, 1.54) is 11.1 Å². The van der Waals surface area contributed by atoms with Crippen LogP contribution in [0.5, 0.6) is 0 Å². The molecule has 1 N–H and O–H groups in total. The first-order valence-electron chi connectivity index (χ1n) is 8.27. The average molecular weight is 447 g/mol. The highest BCUT2D eigenvalue weighted by Gasteiger charge is 2.07. The van der Waals surface area contributed by atoms with Crippen molar-refractivity contribution in [2.45, 2.75) is 40.2 Å². The summed E-state index contributed by atoms with van der Waals surface area (Å²) in [5.74, 6) is 0.706. The smallest absolute Gasteiger partial charge is 0.305 e. The van der Waals surface area contributed by atoms with Crippen LogP contribution in [0.25, 0.3) is 0 Å². The molecule has 0 saturated carbocycles. The predicted molar refractivity (Wildman–Crippen MR) is 110 cm³/mol. The maximum Gasteiger partial charge on any atom is 0.305 e. The summed E-state index contributed by atoms with van der Waals surface area (Å²) in [5, 5.41) is 3.29. The summed E-state index contributed by atoms with van der Waals surface area (Å²) >= 11 is 0. The highest BCUT2D eigenvalue weighted by atomic mass is 127. The molecule has 6 heteroatoms. The van der Waals surface area contributed by atoms with E-state index in [-0.39, 0.29) is 29.9 Å². The van der Waals surface area contributed by atoms with Crippen molar-refractivity contribution in [2.24, 2.45) is 4.99 Å². The SMILES string of the molecule is CCNC(=NCCCC(=O)OCC)N(C)Cc1ccc(C)cc1.I. The molecule has 0 atom stereocenters. The molecule has 0 amide bonds. The Bertz CT molecular complexity index is 503. The molecule has 0 aromatic heterocycles. The Kier molecular flexibility index (Phi) is 12.3. The van der Waals surface area contributed by atoms with Crippen molar-refractivity contribution in [3.63, 3.8) is 0 Å². The predicted octanol–water partition coefficient (Wildman–Crippen LogP) is 3.35. The number of benzene rings is 1. The second kappa shape index (κ2) is 13.0. The van der Waals surface area contributed by atoms with Crippen molar-refractivity contribution in [3.05, 3.63) is 35.4 Å². The van der Waals surface area contributed by atoms with Gasteiger partial charge in [-0.25, -0.2) is 0 Å². The Morgan fingerprint density at radius 3 is 2.50 bits per heavy atom. The van der Waals surface area contributed by atoms with E-state index in [1.54, 1.807) is 0 Å². The Hall–Kier alpha value is -1.31. The summed E-state index contributed by atoms with van der Waals surface area (Å²) in [4.78, 5) is 18.0. The molecule has 0 radical (unpaired) electrons.